The first-order chi connectivity index (χ1) is 11.7. The van der Waals surface area contributed by atoms with Gasteiger partial charge in [-0.15, -0.1) is 0 Å². The number of benzene rings is 2. The summed E-state index contributed by atoms with van der Waals surface area (Å²) >= 11 is 0. The molecule has 2 aromatic rings. The zero-order valence-electron chi connectivity index (χ0n) is 13.5. The lowest BCUT2D eigenvalue weighted by molar-refractivity contribution is 0.100. The summed E-state index contributed by atoms with van der Waals surface area (Å²) in [4.78, 5) is 11.0. The number of hydrogen-bond acceptors (Lipinski definition) is 4. The fourth-order valence-corrected chi connectivity index (χ4v) is 2.22. The van der Waals surface area contributed by atoms with Crippen molar-refractivity contribution in [2.45, 2.75) is 25.9 Å². The first-order valence-corrected chi connectivity index (χ1v) is 7.87. The second-order valence-electron chi connectivity index (χ2n) is 5.42. The number of nitrogens with zero attached hydrogens (tertiary/aromatic N) is 1. The van der Waals surface area contributed by atoms with Gasteiger partial charge in [0.25, 0.3) is 0 Å². The number of amides is 1. The number of nitriles is 1. The minimum absolute atomic E-state index is 0.416. The minimum Gasteiger partial charge on any atom is -0.494 e. The monoisotopic (exact) mass is 323 g/mol. The van der Waals surface area contributed by atoms with Crippen LogP contribution >= 0.6 is 0 Å². The molecule has 0 saturated carbocycles. The van der Waals surface area contributed by atoms with Gasteiger partial charge in [0.1, 0.15) is 5.75 Å². The fraction of sp³-hybridized carbons (Fsp3) is 0.263. The minimum atomic E-state index is -0.416. The Balaban J connectivity index is 1.79. The van der Waals surface area contributed by atoms with Crippen molar-refractivity contribution < 1.29 is 9.53 Å². The van der Waals surface area contributed by atoms with E-state index in [1.54, 1.807) is 12.1 Å². The molecule has 0 radical (unpaired) electrons. The average molecular weight is 323 g/mol. The highest BCUT2D eigenvalue weighted by atomic mass is 16.5. The van der Waals surface area contributed by atoms with E-state index in [0.717, 1.165) is 23.3 Å². The van der Waals surface area contributed by atoms with Crippen LogP contribution in [0.4, 0.5) is 0 Å². The molecule has 0 fully saturated rings. The number of nitrogens with one attached hydrogen (secondary N) is 1. The number of unbranched alkanes of at least 4 members (excludes halogenated alkanes) is 1. The van der Waals surface area contributed by atoms with E-state index in [1.165, 1.54) is 0 Å². The zero-order valence-corrected chi connectivity index (χ0v) is 13.5. The molecule has 0 spiro atoms. The van der Waals surface area contributed by atoms with Gasteiger partial charge in [0.2, 0.25) is 5.91 Å². The van der Waals surface area contributed by atoms with Crippen LogP contribution in [0.3, 0.4) is 0 Å². The van der Waals surface area contributed by atoms with Crippen LogP contribution in [0.1, 0.15) is 34.3 Å². The summed E-state index contributed by atoms with van der Waals surface area (Å²) in [6.45, 7) is 1.97. The SMILES string of the molecule is N#CCCCOc1cccc(CNCc2ccc(C(N)=O)cc2)c1. The summed E-state index contributed by atoms with van der Waals surface area (Å²) in [6, 6.07) is 17.2. The molecule has 5 heteroatoms. The van der Waals surface area contributed by atoms with E-state index in [2.05, 4.69) is 11.4 Å². The van der Waals surface area contributed by atoms with E-state index in [-0.39, 0.29) is 0 Å². The van der Waals surface area contributed by atoms with Crippen LogP contribution in [0.5, 0.6) is 5.75 Å². The fourth-order valence-electron chi connectivity index (χ4n) is 2.22. The van der Waals surface area contributed by atoms with Crippen LogP contribution in [0.25, 0.3) is 0 Å². The van der Waals surface area contributed by atoms with Gasteiger partial charge in [-0.1, -0.05) is 24.3 Å². The number of carbonyl (C=O) groups excluding carboxylic acids is 1. The highest BCUT2D eigenvalue weighted by Crippen LogP contribution is 2.14. The topological polar surface area (TPSA) is 88.1 Å². The summed E-state index contributed by atoms with van der Waals surface area (Å²) < 4.78 is 5.63. The van der Waals surface area contributed by atoms with Crippen molar-refractivity contribution in [3.05, 3.63) is 65.2 Å². The molecule has 0 aliphatic carbocycles. The first-order valence-electron chi connectivity index (χ1n) is 7.87. The maximum Gasteiger partial charge on any atom is 0.248 e. The number of carbonyl (C=O) groups is 1. The normalized spacial score (nSPS) is 10.1. The number of rotatable bonds is 9. The molecule has 1 amide bonds. The van der Waals surface area contributed by atoms with Crippen molar-refractivity contribution >= 4 is 5.91 Å². The second-order valence-corrected chi connectivity index (χ2v) is 5.42. The molecular weight excluding hydrogens is 302 g/mol. The standard InChI is InChI=1S/C19H21N3O2/c20-10-1-2-11-24-18-5-3-4-16(12-18)14-22-13-15-6-8-17(9-7-15)19(21)23/h3-9,12,22H,1-2,11,13-14H2,(H2,21,23). The molecule has 0 atom stereocenters. The number of hydrogen-bond donors (Lipinski definition) is 2. The van der Waals surface area contributed by atoms with Crippen molar-refractivity contribution in [3.8, 4) is 11.8 Å². The zero-order chi connectivity index (χ0) is 17.2. The van der Waals surface area contributed by atoms with Crippen molar-refractivity contribution in [3.63, 3.8) is 0 Å². The van der Waals surface area contributed by atoms with E-state index < -0.39 is 5.91 Å². The van der Waals surface area contributed by atoms with Gasteiger partial charge >= 0.3 is 0 Å². The third-order valence-corrected chi connectivity index (χ3v) is 3.50. The van der Waals surface area contributed by atoms with Crippen molar-refractivity contribution in [2.24, 2.45) is 5.73 Å². The van der Waals surface area contributed by atoms with E-state index in [1.807, 2.05) is 36.4 Å². The average Bonchev–Trinajstić information content (AvgIpc) is 2.60. The third-order valence-electron chi connectivity index (χ3n) is 3.50. The van der Waals surface area contributed by atoms with Gasteiger partial charge in [0.05, 0.1) is 12.7 Å². The lowest BCUT2D eigenvalue weighted by Gasteiger charge is -2.09. The second kappa shape index (κ2) is 9.33. The van der Waals surface area contributed by atoms with Gasteiger partial charge in [0.15, 0.2) is 0 Å². The van der Waals surface area contributed by atoms with Gasteiger partial charge in [-0.25, -0.2) is 0 Å². The molecule has 0 aromatic heterocycles. The Hall–Kier alpha value is -2.84. The number of primary amides is 1. The molecule has 2 rings (SSSR count). The summed E-state index contributed by atoms with van der Waals surface area (Å²) in [7, 11) is 0. The summed E-state index contributed by atoms with van der Waals surface area (Å²) in [6.07, 6.45) is 1.25. The third kappa shape index (κ3) is 5.75. The molecule has 0 aliphatic heterocycles. The van der Waals surface area contributed by atoms with Crippen LogP contribution in [0.15, 0.2) is 48.5 Å². The van der Waals surface area contributed by atoms with Crippen LogP contribution < -0.4 is 15.8 Å². The van der Waals surface area contributed by atoms with Crippen LogP contribution in [-0.2, 0) is 13.1 Å². The van der Waals surface area contributed by atoms with Crippen LogP contribution in [0.2, 0.25) is 0 Å². The van der Waals surface area contributed by atoms with Gasteiger partial charge in [-0.05, 0) is 41.8 Å². The van der Waals surface area contributed by atoms with Crippen LogP contribution in [0, 0.1) is 11.3 Å². The molecule has 124 valence electrons. The van der Waals surface area contributed by atoms with Gasteiger partial charge in [0, 0.05) is 25.1 Å². The Morgan fingerprint density at radius 2 is 1.88 bits per heavy atom. The lowest BCUT2D eigenvalue weighted by Crippen LogP contribution is -2.14. The smallest absolute Gasteiger partial charge is 0.248 e. The van der Waals surface area contributed by atoms with Gasteiger partial charge < -0.3 is 15.8 Å². The molecule has 24 heavy (non-hydrogen) atoms. The molecule has 3 N–H and O–H groups in total. The van der Waals surface area contributed by atoms with Gasteiger partial charge in [-0.2, -0.15) is 5.26 Å². The largest absolute Gasteiger partial charge is 0.494 e. The van der Waals surface area contributed by atoms with Crippen molar-refractivity contribution in [2.75, 3.05) is 6.61 Å². The molecule has 0 unspecified atom stereocenters. The van der Waals surface area contributed by atoms with E-state index >= 15 is 0 Å². The lowest BCUT2D eigenvalue weighted by atomic mass is 10.1. The number of nitrogens with two attached hydrogens (primary N) is 1. The Bertz CT molecular complexity index is 705. The van der Waals surface area contributed by atoms with Crippen molar-refractivity contribution in [1.29, 1.82) is 5.26 Å². The molecule has 0 aliphatic rings. The summed E-state index contributed by atoms with van der Waals surface area (Å²) in [5, 5.41) is 11.9. The Kier molecular flexibility index (Phi) is 6.81. The number of ether oxygens (including phenoxy) is 1. The molecule has 0 heterocycles. The Morgan fingerprint density at radius 1 is 1.12 bits per heavy atom. The molecule has 0 saturated heterocycles. The maximum atomic E-state index is 11.0. The van der Waals surface area contributed by atoms with E-state index in [4.69, 9.17) is 15.7 Å². The predicted octanol–water partition coefficient (Wildman–Crippen LogP) is 2.76. The highest BCUT2D eigenvalue weighted by molar-refractivity contribution is 5.92. The summed E-state index contributed by atoms with van der Waals surface area (Å²) in [5.74, 6) is 0.402. The highest BCUT2D eigenvalue weighted by Gasteiger charge is 2.01. The molecular formula is C19H21N3O2. The van der Waals surface area contributed by atoms with E-state index in [9.17, 15) is 4.79 Å². The van der Waals surface area contributed by atoms with Crippen molar-refractivity contribution in [1.82, 2.24) is 5.32 Å². The Morgan fingerprint density at radius 3 is 2.58 bits per heavy atom. The maximum absolute atomic E-state index is 11.0. The Labute approximate surface area is 142 Å². The van der Waals surface area contributed by atoms with Gasteiger partial charge in [-0.3, -0.25) is 4.79 Å². The summed E-state index contributed by atoms with van der Waals surface area (Å²) in [5.41, 5.74) is 7.95. The molecule has 2 aromatic carbocycles. The first kappa shape index (κ1) is 17.5. The van der Waals surface area contributed by atoms with Crippen LogP contribution in [-0.4, -0.2) is 12.5 Å². The predicted molar refractivity (Wildman–Crippen MR) is 92.3 cm³/mol. The molecule has 5 nitrogen and oxygen atoms in total. The quantitative estimate of drug-likeness (QED) is 0.695. The van der Waals surface area contributed by atoms with E-state index in [0.29, 0.717) is 31.7 Å². The molecule has 0 bridgehead atoms.